The van der Waals surface area contributed by atoms with Gasteiger partial charge in [-0.15, -0.1) is 0 Å². The summed E-state index contributed by atoms with van der Waals surface area (Å²) in [5.74, 6) is -0.479. The summed E-state index contributed by atoms with van der Waals surface area (Å²) < 4.78 is 5.45. The fraction of sp³-hybridized carbons (Fsp3) is 0.769. The molecule has 2 aliphatic rings. The number of nitrogens with two attached hydrogens (primary N) is 1. The minimum atomic E-state index is -0.605. The van der Waals surface area contributed by atoms with Gasteiger partial charge in [0, 0.05) is 12.5 Å². The number of amides is 4. The summed E-state index contributed by atoms with van der Waals surface area (Å²) in [6, 6.07) is -0.500. The number of hydrogen-bond acceptors (Lipinski definition) is 4. The zero-order chi connectivity index (χ0) is 14.9. The van der Waals surface area contributed by atoms with E-state index in [4.69, 9.17) is 10.5 Å². The topological polar surface area (TPSA) is 102 Å². The summed E-state index contributed by atoms with van der Waals surface area (Å²) in [4.78, 5) is 36.2. The fourth-order valence-corrected chi connectivity index (χ4v) is 2.54. The highest BCUT2D eigenvalue weighted by atomic mass is 16.5. The van der Waals surface area contributed by atoms with Crippen LogP contribution in [0.25, 0.3) is 0 Å². The number of carbonyl (C=O) groups is 3. The van der Waals surface area contributed by atoms with E-state index in [0.29, 0.717) is 19.3 Å². The highest BCUT2D eigenvalue weighted by Gasteiger charge is 2.37. The number of carbonyl (C=O) groups excluding carboxylic acids is 3. The Labute approximate surface area is 117 Å². The van der Waals surface area contributed by atoms with Crippen LogP contribution in [0, 0.1) is 5.92 Å². The van der Waals surface area contributed by atoms with E-state index < -0.39 is 12.0 Å². The molecule has 0 aromatic rings. The van der Waals surface area contributed by atoms with Gasteiger partial charge < -0.3 is 15.8 Å². The number of hydrogen-bond donors (Lipinski definition) is 2. The molecule has 3 unspecified atom stereocenters. The van der Waals surface area contributed by atoms with Crippen molar-refractivity contribution in [3.63, 3.8) is 0 Å². The van der Waals surface area contributed by atoms with Crippen LogP contribution in [0.15, 0.2) is 0 Å². The van der Waals surface area contributed by atoms with Crippen molar-refractivity contribution in [3.8, 4) is 0 Å². The van der Waals surface area contributed by atoms with Crippen molar-refractivity contribution >= 4 is 17.8 Å². The Hall–Kier alpha value is -1.63. The zero-order valence-corrected chi connectivity index (χ0v) is 11.8. The molecule has 3 atom stereocenters. The number of ether oxygens (including phenoxy) is 1. The fourth-order valence-electron chi connectivity index (χ4n) is 2.54. The Balaban J connectivity index is 1.92. The second-order valence-electron chi connectivity index (χ2n) is 5.73. The molecule has 0 saturated carbocycles. The Morgan fingerprint density at radius 3 is 2.65 bits per heavy atom. The van der Waals surface area contributed by atoms with Gasteiger partial charge in [-0.1, -0.05) is 13.8 Å². The van der Waals surface area contributed by atoms with Crippen LogP contribution in [0.5, 0.6) is 0 Å². The molecule has 0 aromatic carbocycles. The van der Waals surface area contributed by atoms with E-state index >= 15 is 0 Å². The maximum atomic E-state index is 12.0. The predicted molar refractivity (Wildman–Crippen MR) is 70.6 cm³/mol. The molecule has 2 fully saturated rings. The van der Waals surface area contributed by atoms with E-state index in [2.05, 4.69) is 5.32 Å². The van der Waals surface area contributed by atoms with Gasteiger partial charge >= 0.3 is 6.03 Å². The zero-order valence-electron chi connectivity index (χ0n) is 11.8. The van der Waals surface area contributed by atoms with Crippen LogP contribution >= 0.6 is 0 Å². The highest BCUT2D eigenvalue weighted by molar-refractivity contribution is 5.97. The minimum absolute atomic E-state index is 0.117. The van der Waals surface area contributed by atoms with Crippen LogP contribution in [0.1, 0.15) is 33.1 Å². The lowest BCUT2D eigenvalue weighted by molar-refractivity contribution is -0.133. The molecule has 2 rings (SSSR count). The first kappa shape index (κ1) is 14.8. The van der Waals surface area contributed by atoms with Crippen LogP contribution in [0.3, 0.4) is 0 Å². The second kappa shape index (κ2) is 5.78. The maximum Gasteiger partial charge on any atom is 0.324 e. The number of urea groups is 1. The Bertz CT molecular complexity index is 406. The van der Waals surface area contributed by atoms with Gasteiger partial charge in [-0.25, -0.2) is 4.79 Å². The normalized spacial score (nSPS) is 30.8. The Morgan fingerprint density at radius 2 is 2.15 bits per heavy atom. The van der Waals surface area contributed by atoms with E-state index in [-0.39, 0.29) is 36.5 Å². The number of nitrogens with zero attached hydrogens (tertiary/aromatic N) is 1. The molecule has 0 radical (unpaired) electrons. The van der Waals surface area contributed by atoms with Crippen LogP contribution in [-0.4, -0.2) is 47.5 Å². The van der Waals surface area contributed by atoms with E-state index in [1.165, 1.54) is 4.90 Å². The van der Waals surface area contributed by atoms with Crippen molar-refractivity contribution in [1.82, 2.24) is 10.2 Å². The lowest BCUT2D eigenvalue weighted by atomic mass is 9.98. The SMILES string of the molecule is CC(C)C1CC(=O)N(CC2CCC(C(N)=O)O2)C(=O)N1. The summed E-state index contributed by atoms with van der Waals surface area (Å²) in [7, 11) is 0. The van der Waals surface area contributed by atoms with Gasteiger partial charge in [0.2, 0.25) is 11.8 Å². The van der Waals surface area contributed by atoms with Crippen molar-refractivity contribution < 1.29 is 19.1 Å². The first-order chi connectivity index (χ1) is 9.38. The molecule has 0 bridgehead atoms. The van der Waals surface area contributed by atoms with Crippen molar-refractivity contribution in [2.24, 2.45) is 11.7 Å². The summed E-state index contributed by atoms with van der Waals surface area (Å²) in [6.45, 7) is 4.11. The molecule has 2 heterocycles. The molecular formula is C13H21N3O4. The average molecular weight is 283 g/mol. The average Bonchev–Trinajstić information content (AvgIpc) is 2.82. The van der Waals surface area contributed by atoms with E-state index in [1.807, 2.05) is 13.8 Å². The Kier molecular flexibility index (Phi) is 4.27. The summed E-state index contributed by atoms with van der Waals surface area (Å²) in [6.07, 6.45) is 0.551. The molecule has 4 amide bonds. The largest absolute Gasteiger partial charge is 0.367 e. The van der Waals surface area contributed by atoms with Gasteiger partial charge in [0.15, 0.2) is 0 Å². The highest BCUT2D eigenvalue weighted by Crippen LogP contribution is 2.22. The predicted octanol–water partition coefficient (Wildman–Crippen LogP) is -0.0142. The Morgan fingerprint density at radius 1 is 1.45 bits per heavy atom. The molecule has 7 nitrogen and oxygen atoms in total. The third-order valence-corrected chi connectivity index (χ3v) is 3.87. The quantitative estimate of drug-likeness (QED) is 0.757. The third-order valence-electron chi connectivity index (χ3n) is 3.87. The van der Waals surface area contributed by atoms with Crippen molar-refractivity contribution in [2.45, 2.75) is 51.4 Å². The van der Waals surface area contributed by atoms with Gasteiger partial charge in [0.05, 0.1) is 12.6 Å². The van der Waals surface area contributed by atoms with Gasteiger partial charge in [-0.2, -0.15) is 0 Å². The van der Waals surface area contributed by atoms with E-state index in [9.17, 15) is 14.4 Å². The van der Waals surface area contributed by atoms with Crippen LogP contribution in [-0.2, 0) is 14.3 Å². The molecule has 112 valence electrons. The van der Waals surface area contributed by atoms with Crippen LogP contribution < -0.4 is 11.1 Å². The molecule has 2 saturated heterocycles. The van der Waals surface area contributed by atoms with Crippen LogP contribution in [0.4, 0.5) is 4.79 Å². The molecular weight excluding hydrogens is 262 g/mol. The minimum Gasteiger partial charge on any atom is -0.367 e. The first-order valence-corrected chi connectivity index (χ1v) is 6.94. The maximum absolute atomic E-state index is 12.0. The molecule has 2 aliphatic heterocycles. The van der Waals surface area contributed by atoms with Crippen LogP contribution in [0.2, 0.25) is 0 Å². The molecule has 3 N–H and O–H groups in total. The van der Waals surface area contributed by atoms with Crippen molar-refractivity contribution in [1.29, 1.82) is 0 Å². The van der Waals surface area contributed by atoms with Crippen molar-refractivity contribution in [3.05, 3.63) is 0 Å². The molecule has 0 aliphatic carbocycles. The summed E-state index contributed by atoms with van der Waals surface area (Å²) in [5, 5.41) is 2.82. The number of primary amides is 1. The monoisotopic (exact) mass is 283 g/mol. The second-order valence-corrected chi connectivity index (χ2v) is 5.73. The first-order valence-electron chi connectivity index (χ1n) is 6.94. The van der Waals surface area contributed by atoms with Gasteiger partial charge in [-0.05, 0) is 18.8 Å². The van der Waals surface area contributed by atoms with Gasteiger partial charge in [-0.3, -0.25) is 14.5 Å². The molecule has 0 aromatic heterocycles. The van der Waals surface area contributed by atoms with Gasteiger partial charge in [0.25, 0.3) is 0 Å². The van der Waals surface area contributed by atoms with E-state index in [0.717, 1.165) is 0 Å². The lowest BCUT2D eigenvalue weighted by Gasteiger charge is -2.34. The molecule has 0 spiro atoms. The smallest absolute Gasteiger partial charge is 0.324 e. The van der Waals surface area contributed by atoms with Crippen molar-refractivity contribution in [2.75, 3.05) is 6.54 Å². The number of imide groups is 1. The lowest BCUT2D eigenvalue weighted by Crippen LogP contribution is -2.57. The number of rotatable bonds is 4. The number of nitrogens with one attached hydrogen (secondary N) is 1. The standard InChI is InChI=1S/C13H21N3O4/c1-7(2)9-5-11(17)16(13(19)15-9)6-8-3-4-10(20-8)12(14)18/h7-10H,3-6H2,1-2H3,(H2,14,18)(H,15,19). The molecule has 20 heavy (non-hydrogen) atoms. The van der Waals surface area contributed by atoms with E-state index in [1.54, 1.807) is 0 Å². The van der Waals surface area contributed by atoms with Gasteiger partial charge in [0.1, 0.15) is 6.10 Å². The summed E-state index contributed by atoms with van der Waals surface area (Å²) >= 11 is 0. The third kappa shape index (κ3) is 3.09. The summed E-state index contributed by atoms with van der Waals surface area (Å²) in [5.41, 5.74) is 5.18. The molecule has 7 heteroatoms.